The highest BCUT2D eigenvalue weighted by atomic mass is 19.1. The van der Waals surface area contributed by atoms with Gasteiger partial charge in [-0.3, -0.25) is 0 Å². The van der Waals surface area contributed by atoms with Gasteiger partial charge in [-0.2, -0.15) is 0 Å². The second-order valence-corrected chi connectivity index (χ2v) is 8.93. The molecule has 1 aliphatic rings. The molecule has 0 spiro atoms. The van der Waals surface area contributed by atoms with Crippen LogP contribution in [0.2, 0.25) is 0 Å². The standard InChI is InChI=1S/C27H28F2O6/c1-27(2)13-21(30)18-11-25(33-14-16-5-7-22(31-3)19(28)9-16)26(12-24(18)35-27)34-15-17-6-8-23(32-4)20(29)10-17/h5-12,21,30H,13-15H2,1-4H3. The second kappa shape index (κ2) is 10.00. The summed E-state index contributed by atoms with van der Waals surface area (Å²) in [6, 6.07) is 12.4. The van der Waals surface area contributed by atoms with Crippen molar-refractivity contribution in [2.45, 2.75) is 45.2 Å². The van der Waals surface area contributed by atoms with Gasteiger partial charge in [-0.15, -0.1) is 0 Å². The predicted octanol–water partition coefficient (Wildman–Crippen LogP) is 5.73. The van der Waals surface area contributed by atoms with Gasteiger partial charge in [-0.1, -0.05) is 12.1 Å². The third-order valence-electron chi connectivity index (χ3n) is 5.73. The summed E-state index contributed by atoms with van der Waals surface area (Å²) in [4.78, 5) is 0. The van der Waals surface area contributed by atoms with Gasteiger partial charge in [-0.25, -0.2) is 8.78 Å². The van der Waals surface area contributed by atoms with Crippen LogP contribution >= 0.6 is 0 Å². The zero-order valence-electron chi connectivity index (χ0n) is 20.1. The fourth-order valence-corrected chi connectivity index (χ4v) is 3.97. The minimum absolute atomic E-state index is 0.0513. The summed E-state index contributed by atoms with van der Waals surface area (Å²) in [5, 5.41) is 10.7. The smallest absolute Gasteiger partial charge is 0.165 e. The third-order valence-corrected chi connectivity index (χ3v) is 5.73. The average molecular weight is 487 g/mol. The van der Waals surface area contributed by atoms with E-state index in [1.54, 1.807) is 24.3 Å². The van der Waals surface area contributed by atoms with E-state index in [-0.39, 0.29) is 24.7 Å². The number of rotatable bonds is 8. The molecule has 1 N–H and O–H groups in total. The molecule has 0 aliphatic carbocycles. The summed E-state index contributed by atoms with van der Waals surface area (Å²) in [5.74, 6) is 0.458. The molecule has 8 heteroatoms. The van der Waals surface area contributed by atoms with E-state index in [4.69, 9.17) is 23.7 Å². The Hall–Kier alpha value is -3.52. The van der Waals surface area contributed by atoms with Crippen LogP contribution in [0.15, 0.2) is 48.5 Å². The number of ether oxygens (including phenoxy) is 5. The number of hydrogen-bond acceptors (Lipinski definition) is 6. The summed E-state index contributed by atoms with van der Waals surface area (Å²) in [5.41, 5.74) is 1.18. The molecule has 1 heterocycles. The van der Waals surface area contributed by atoms with E-state index >= 15 is 0 Å². The number of hydrogen-bond donors (Lipinski definition) is 1. The Labute approximate surface area is 203 Å². The Morgan fingerprint density at radius 1 is 0.829 bits per heavy atom. The molecule has 0 saturated carbocycles. The summed E-state index contributed by atoms with van der Waals surface area (Å²) in [6.45, 7) is 3.89. The van der Waals surface area contributed by atoms with Crippen LogP contribution in [0, 0.1) is 11.6 Å². The van der Waals surface area contributed by atoms with Gasteiger partial charge in [0, 0.05) is 18.1 Å². The summed E-state index contributed by atoms with van der Waals surface area (Å²) >= 11 is 0. The zero-order valence-corrected chi connectivity index (χ0v) is 20.1. The van der Waals surface area contributed by atoms with Crippen molar-refractivity contribution in [3.63, 3.8) is 0 Å². The molecule has 35 heavy (non-hydrogen) atoms. The van der Waals surface area contributed by atoms with E-state index in [9.17, 15) is 13.9 Å². The maximum atomic E-state index is 14.1. The molecule has 1 aliphatic heterocycles. The van der Waals surface area contributed by atoms with Gasteiger partial charge in [0.2, 0.25) is 0 Å². The molecule has 1 atom stereocenters. The van der Waals surface area contributed by atoms with Crippen molar-refractivity contribution in [3.8, 4) is 28.7 Å². The normalized spacial score (nSPS) is 16.1. The largest absolute Gasteiger partial charge is 0.494 e. The molecule has 1 unspecified atom stereocenters. The lowest BCUT2D eigenvalue weighted by Gasteiger charge is -2.36. The van der Waals surface area contributed by atoms with E-state index in [0.29, 0.717) is 40.4 Å². The van der Waals surface area contributed by atoms with Gasteiger partial charge in [-0.05, 0) is 55.3 Å². The molecular weight excluding hydrogens is 458 g/mol. The van der Waals surface area contributed by atoms with Gasteiger partial charge in [0.15, 0.2) is 34.6 Å². The van der Waals surface area contributed by atoms with Gasteiger partial charge in [0.1, 0.15) is 24.6 Å². The van der Waals surface area contributed by atoms with Crippen molar-refractivity contribution in [2.24, 2.45) is 0 Å². The first-order valence-electron chi connectivity index (χ1n) is 11.1. The van der Waals surface area contributed by atoms with Crippen molar-refractivity contribution in [3.05, 3.63) is 76.9 Å². The first-order valence-corrected chi connectivity index (χ1v) is 11.1. The summed E-state index contributed by atoms with van der Waals surface area (Å²) < 4.78 is 56.1. The summed E-state index contributed by atoms with van der Waals surface area (Å²) in [7, 11) is 2.80. The number of aliphatic hydroxyl groups excluding tert-OH is 1. The number of aliphatic hydroxyl groups is 1. The molecule has 186 valence electrons. The Morgan fingerprint density at radius 3 is 1.83 bits per heavy atom. The van der Waals surface area contributed by atoms with Gasteiger partial charge < -0.3 is 28.8 Å². The fourth-order valence-electron chi connectivity index (χ4n) is 3.97. The number of fused-ring (bicyclic) bond motifs is 1. The first kappa shape index (κ1) is 24.6. The van der Waals surface area contributed by atoms with E-state index in [2.05, 4.69) is 0 Å². The SMILES string of the molecule is COc1ccc(COc2cc3c(cc2OCc2ccc(OC)c(F)c2)C(O)CC(C)(C)O3)cc1F. The van der Waals surface area contributed by atoms with Crippen LogP contribution in [-0.4, -0.2) is 24.9 Å². The first-order chi connectivity index (χ1) is 16.7. The van der Waals surface area contributed by atoms with E-state index in [0.717, 1.165) is 0 Å². The highest BCUT2D eigenvalue weighted by Gasteiger charge is 2.34. The number of halogens is 2. The predicted molar refractivity (Wildman–Crippen MR) is 125 cm³/mol. The molecule has 0 saturated heterocycles. The lowest BCUT2D eigenvalue weighted by atomic mass is 9.91. The maximum absolute atomic E-state index is 14.1. The highest BCUT2D eigenvalue weighted by Crippen LogP contribution is 2.45. The minimum Gasteiger partial charge on any atom is -0.494 e. The Bertz CT molecular complexity index is 1210. The van der Waals surface area contributed by atoms with Crippen molar-refractivity contribution in [1.29, 1.82) is 0 Å². The average Bonchev–Trinajstić information content (AvgIpc) is 2.81. The fraction of sp³-hybridized carbons (Fsp3) is 0.333. The molecular formula is C27H28F2O6. The second-order valence-electron chi connectivity index (χ2n) is 8.93. The molecule has 3 aromatic carbocycles. The van der Waals surface area contributed by atoms with E-state index < -0.39 is 23.3 Å². The monoisotopic (exact) mass is 486 g/mol. The lowest BCUT2D eigenvalue weighted by Crippen LogP contribution is -2.34. The van der Waals surface area contributed by atoms with Crippen LogP contribution < -0.4 is 23.7 Å². The van der Waals surface area contributed by atoms with Crippen molar-refractivity contribution in [2.75, 3.05) is 14.2 Å². The molecule has 4 rings (SSSR count). The van der Waals surface area contributed by atoms with Crippen LogP contribution in [-0.2, 0) is 13.2 Å². The number of methoxy groups -OCH3 is 2. The molecule has 6 nitrogen and oxygen atoms in total. The van der Waals surface area contributed by atoms with Crippen LogP contribution in [0.1, 0.15) is 43.1 Å². The van der Waals surface area contributed by atoms with Crippen molar-refractivity contribution in [1.82, 2.24) is 0 Å². The maximum Gasteiger partial charge on any atom is 0.165 e. The van der Waals surface area contributed by atoms with Gasteiger partial charge in [0.05, 0.1) is 20.3 Å². The zero-order chi connectivity index (χ0) is 25.2. The molecule has 0 fully saturated rings. The van der Waals surface area contributed by atoms with E-state index in [1.807, 2.05) is 13.8 Å². The van der Waals surface area contributed by atoms with Crippen LogP contribution in [0.25, 0.3) is 0 Å². The van der Waals surface area contributed by atoms with Gasteiger partial charge >= 0.3 is 0 Å². The van der Waals surface area contributed by atoms with Gasteiger partial charge in [0.25, 0.3) is 0 Å². The van der Waals surface area contributed by atoms with Crippen LogP contribution in [0.5, 0.6) is 28.7 Å². The Morgan fingerprint density at radius 2 is 1.34 bits per heavy atom. The molecule has 0 bridgehead atoms. The van der Waals surface area contributed by atoms with Crippen LogP contribution in [0.3, 0.4) is 0 Å². The Balaban J connectivity index is 1.61. The third kappa shape index (κ3) is 5.59. The summed E-state index contributed by atoms with van der Waals surface area (Å²) in [6.07, 6.45) is -0.340. The Kier molecular flexibility index (Phi) is 7.03. The molecule has 3 aromatic rings. The topological polar surface area (TPSA) is 66.4 Å². The molecule has 0 radical (unpaired) electrons. The highest BCUT2D eigenvalue weighted by molar-refractivity contribution is 5.53. The lowest BCUT2D eigenvalue weighted by molar-refractivity contribution is 0.0109. The number of benzene rings is 3. The molecule has 0 amide bonds. The van der Waals surface area contributed by atoms with Crippen molar-refractivity contribution >= 4 is 0 Å². The van der Waals surface area contributed by atoms with Crippen molar-refractivity contribution < 1.29 is 37.6 Å². The minimum atomic E-state index is -0.751. The van der Waals surface area contributed by atoms with E-state index in [1.165, 1.54) is 38.5 Å². The molecule has 0 aromatic heterocycles. The van der Waals surface area contributed by atoms with Crippen LogP contribution in [0.4, 0.5) is 8.78 Å². The quantitative estimate of drug-likeness (QED) is 0.438.